The van der Waals surface area contributed by atoms with Crippen molar-refractivity contribution in [3.8, 4) is 22.8 Å². The predicted molar refractivity (Wildman–Crippen MR) is 96.0 cm³/mol. The molecule has 1 aromatic carbocycles. The van der Waals surface area contributed by atoms with E-state index in [1.54, 1.807) is 35.7 Å². The summed E-state index contributed by atoms with van der Waals surface area (Å²) in [6.07, 6.45) is 1.82. The van der Waals surface area contributed by atoms with Gasteiger partial charge in [-0.15, -0.1) is 11.3 Å². The molecule has 0 unspecified atom stereocenters. The molecule has 1 aliphatic heterocycles. The van der Waals surface area contributed by atoms with Gasteiger partial charge >= 0.3 is 0 Å². The second kappa shape index (κ2) is 6.53. The fourth-order valence-corrected chi connectivity index (χ4v) is 5.63. The maximum absolute atomic E-state index is 12.6. The fourth-order valence-electron chi connectivity index (χ4n) is 2.68. The van der Waals surface area contributed by atoms with Crippen molar-refractivity contribution < 1.29 is 12.9 Å². The predicted octanol–water partition coefficient (Wildman–Crippen LogP) is 3.90. The maximum atomic E-state index is 12.6. The lowest BCUT2D eigenvalue weighted by atomic mass is 10.2. The van der Waals surface area contributed by atoms with E-state index in [1.807, 2.05) is 0 Å². The molecule has 9 heteroatoms. The lowest BCUT2D eigenvalue weighted by molar-refractivity contribution is 0.432. The van der Waals surface area contributed by atoms with Crippen molar-refractivity contribution in [2.75, 3.05) is 13.1 Å². The molecule has 3 aromatic rings. The van der Waals surface area contributed by atoms with E-state index in [9.17, 15) is 8.42 Å². The van der Waals surface area contributed by atoms with Crippen molar-refractivity contribution in [1.29, 1.82) is 0 Å². The van der Waals surface area contributed by atoms with Crippen LogP contribution in [0.15, 0.2) is 44.4 Å². The molecule has 130 valence electrons. The summed E-state index contributed by atoms with van der Waals surface area (Å²) in [7, 11) is -3.43. The third kappa shape index (κ3) is 3.22. The molecule has 3 heterocycles. The largest absolute Gasteiger partial charge is 0.334 e. The summed E-state index contributed by atoms with van der Waals surface area (Å²) < 4.78 is 32.3. The van der Waals surface area contributed by atoms with Crippen molar-refractivity contribution in [3.63, 3.8) is 0 Å². The van der Waals surface area contributed by atoms with Gasteiger partial charge in [0.15, 0.2) is 0 Å². The van der Waals surface area contributed by atoms with Crippen molar-refractivity contribution in [1.82, 2.24) is 14.4 Å². The number of hydrogen-bond acceptors (Lipinski definition) is 6. The number of halogens is 1. The monoisotopic (exact) mass is 395 g/mol. The Balaban J connectivity index is 1.61. The molecule has 1 aliphatic rings. The number of benzene rings is 1. The summed E-state index contributed by atoms with van der Waals surface area (Å²) in [5, 5.41) is 6.31. The van der Waals surface area contributed by atoms with Crippen LogP contribution in [0.5, 0.6) is 0 Å². The molecule has 0 atom stereocenters. The van der Waals surface area contributed by atoms with Gasteiger partial charge in [0.1, 0.15) is 4.21 Å². The smallest absolute Gasteiger partial charge is 0.259 e. The van der Waals surface area contributed by atoms with Crippen LogP contribution in [0.3, 0.4) is 0 Å². The molecule has 0 radical (unpaired) electrons. The number of aromatic nitrogens is 2. The highest BCUT2D eigenvalue weighted by molar-refractivity contribution is 7.91. The molecule has 0 N–H and O–H groups in total. The van der Waals surface area contributed by atoms with E-state index in [1.165, 1.54) is 15.6 Å². The summed E-state index contributed by atoms with van der Waals surface area (Å²) >= 11 is 7.05. The zero-order valence-corrected chi connectivity index (χ0v) is 15.4. The highest BCUT2D eigenvalue weighted by Crippen LogP contribution is 2.31. The minimum atomic E-state index is -3.43. The molecule has 0 saturated carbocycles. The van der Waals surface area contributed by atoms with Crippen LogP contribution in [0.4, 0.5) is 0 Å². The second-order valence-corrected chi connectivity index (χ2v) is 9.21. The van der Waals surface area contributed by atoms with Crippen molar-refractivity contribution in [3.05, 3.63) is 40.7 Å². The van der Waals surface area contributed by atoms with Gasteiger partial charge in [-0.1, -0.05) is 16.8 Å². The highest BCUT2D eigenvalue weighted by atomic mass is 35.5. The number of sulfonamides is 1. The van der Waals surface area contributed by atoms with Crippen LogP contribution in [0.25, 0.3) is 22.8 Å². The number of thiophene rings is 1. The Bertz CT molecular complexity index is 990. The van der Waals surface area contributed by atoms with Gasteiger partial charge in [-0.2, -0.15) is 9.29 Å². The number of hydrogen-bond donors (Lipinski definition) is 0. The Hall–Kier alpha value is -1.74. The zero-order valence-electron chi connectivity index (χ0n) is 13.1. The average molecular weight is 396 g/mol. The van der Waals surface area contributed by atoms with E-state index < -0.39 is 10.0 Å². The molecular weight excluding hydrogens is 382 g/mol. The minimum absolute atomic E-state index is 0.295. The molecular formula is C16H14ClN3O3S2. The van der Waals surface area contributed by atoms with E-state index in [0.29, 0.717) is 39.6 Å². The zero-order chi connectivity index (χ0) is 17.4. The van der Waals surface area contributed by atoms with Crippen LogP contribution in [0.2, 0.25) is 5.02 Å². The lowest BCUT2D eigenvalue weighted by Crippen LogP contribution is -2.27. The molecule has 2 aromatic heterocycles. The van der Waals surface area contributed by atoms with Crippen LogP contribution in [-0.4, -0.2) is 36.0 Å². The van der Waals surface area contributed by atoms with Crippen LogP contribution in [0.1, 0.15) is 12.8 Å². The van der Waals surface area contributed by atoms with Gasteiger partial charge in [0, 0.05) is 29.1 Å². The van der Waals surface area contributed by atoms with Crippen LogP contribution in [0, 0.1) is 0 Å². The van der Waals surface area contributed by atoms with Crippen molar-refractivity contribution in [2.24, 2.45) is 0 Å². The van der Waals surface area contributed by atoms with Gasteiger partial charge in [0.05, 0.1) is 5.56 Å². The number of nitrogens with zero attached hydrogens (tertiary/aromatic N) is 3. The molecule has 6 nitrogen and oxygen atoms in total. The van der Waals surface area contributed by atoms with Crippen LogP contribution < -0.4 is 0 Å². The first kappa shape index (κ1) is 16.7. The average Bonchev–Trinajstić information content (AvgIpc) is 3.35. The number of rotatable bonds is 4. The summed E-state index contributed by atoms with van der Waals surface area (Å²) in [4.78, 5) is 4.35. The van der Waals surface area contributed by atoms with E-state index in [2.05, 4.69) is 10.1 Å². The Kier molecular flexibility index (Phi) is 4.36. The van der Waals surface area contributed by atoms with E-state index in [4.69, 9.17) is 16.1 Å². The lowest BCUT2D eigenvalue weighted by Gasteiger charge is -2.13. The van der Waals surface area contributed by atoms with Gasteiger partial charge in [-0.3, -0.25) is 0 Å². The fraction of sp³-hybridized carbons (Fsp3) is 0.250. The first-order valence-electron chi connectivity index (χ1n) is 7.73. The first-order valence-corrected chi connectivity index (χ1v) is 10.4. The van der Waals surface area contributed by atoms with Gasteiger partial charge < -0.3 is 4.52 Å². The molecule has 0 amide bonds. The Morgan fingerprint density at radius 2 is 1.84 bits per heavy atom. The molecule has 0 spiro atoms. The standard InChI is InChI=1S/C16H14ClN3O3S2/c17-13-5-3-11(4-6-13)15-18-16(23-19-15)12-9-14(24-10-12)25(21,22)20-7-1-2-8-20/h3-6,9-10H,1-2,7-8H2. The summed E-state index contributed by atoms with van der Waals surface area (Å²) in [6, 6.07) is 8.69. The molecule has 0 bridgehead atoms. The minimum Gasteiger partial charge on any atom is -0.334 e. The van der Waals surface area contributed by atoms with Crippen LogP contribution in [-0.2, 0) is 10.0 Å². The van der Waals surface area contributed by atoms with Crippen LogP contribution >= 0.6 is 22.9 Å². The summed E-state index contributed by atoms with van der Waals surface area (Å²) in [5.41, 5.74) is 1.38. The normalized spacial score (nSPS) is 15.7. The molecule has 0 aliphatic carbocycles. The maximum Gasteiger partial charge on any atom is 0.259 e. The molecule has 25 heavy (non-hydrogen) atoms. The van der Waals surface area contributed by atoms with E-state index in [-0.39, 0.29) is 0 Å². The van der Waals surface area contributed by atoms with Gasteiger partial charge in [-0.25, -0.2) is 8.42 Å². The molecule has 4 rings (SSSR count). The van der Waals surface area contributed by atoms with E-state index in [0.717, 1.165) is 18.4 Å². The summed E-state index contributed by atoms with van der Waals surface area (Å²) in [5.74, 6) is 0.728. The topological polar surface area (TPSA) is 76.3 Å². The SMILES string of the molecule is O=S(=O)(c1cc(-c2nc(-c3ccc(Cl)cc3)no2)cs1)N1CCCC1. The Labute approximate surface area is 154 Å². The molecule has 1 fully saturated rings. The molecule has 1 saturated heterocycles. The van der Waals surface area contributed by atoms with E-state index >= 15 is 0 Å². The van der Waals surface area contributed by atoms with Crippen molar-refractivity contribution in [2.45, 2.75) is 17.1 Å². The van der Waals surface area contributed by atoms with Gasteiger partial charge in [-0.05, 0) is 43.2 Å². The van der Waals surface area contributed by atoms with Gasteiger partial charge in [0.25, 0.3) is 15.9 Å². The second-order valence-electron chi connectivity index (χ2n) is 5.70. The Morgan fingerprint density at radius 3 is 2.56 bits per heavy atom. The van der Waals surface area contributed by atoms with Crippen molar-refractivity contribution >= 4 is 33.0 Å². The third-order valence-electron chi connectivity index (χ3n) is 4.01. The summed E-state index contributed by atoms with van der Waals surface area (Å²) in [6.45, 7) is 1.16. The van der Waals surface area contributed by atoms with Gasteiger partial charge in [0.2, 0.25) is 5.82 Å². The quantitative estimate of drug-likeness (QED) is 0.669. The Morgan fingerprint density at radius 1 is 1.12 bits per heavy atom. The highest BCUT2D eigenvalue weighted by Gasteiger charge is 2.29. The first-order chi connectivity index (χ1) is 12.0. The third-order valence-corrected chi connectivity index (χ3v) is 7.58.